The number of nitriles is 1. The van der Waals surface area contributed by atoms with E-state index < -0.39 is 17.5 Å². The van der Waals surface area contributed by atoms with E-state index in [0.717, 1.165) is 24.7 Å². The van der Waals surface area contributed by atoms with Crippen LogP contribution < -0.4 is 4.74 Å². The van der Waals surface area contributed by atoms with Crippen molar-refractivity contribution in [3.05, 3.63) is 59.6 Å². The van der Waals surface area contributed by atoms with Crippen molar-refractivity contribution < 1.29 is 23.4 Å². The van der Waals surface area contributed by atoms with Gasteiger partial charge >= 0.3 is 6.09 Å². The van der Waals surface area contributed by atoms with Crippen LogP contribution in [0.25, 0.3) is 16.8 Å². The minimum absolute atomic E-state index is 0.0634. The Bertz CT molecular complexity index is 1660. The van der Waals surface area contributed by atoms with E-state index in [9.17, 15) is 14.4 Å². The van der Waals surface area contributed by atoms with Crippen LogP contribution in [0.1, 0.15) is 76.6 Å². The number of aromatic nitrogens is 6. The fourth-order valence-corrected chi connectivity index (χ4v) is 5.25. The Balaban J connectivity index is 1.39. The van der Waals surface area contributed by atoms with Gasteiger partial charge < -0.3 is 19.1 Å². The molecule has 1 saturated heterocycles. The van der Waals surface area contributed by atoms with Gasteiger partial charge in [0.25, 0.3) is 0 Å². The largest absolute Gasteiger partial charge is 0.488 e. The summed E-state index contributed by atoms with van der Waals surface area (Å²) in [6, 6.07) is 6.95. The Kier molecular flexibility index (Phi) is 8.82. The Morgan fingerprint density at radius 1 is 1.20 bits per heavy atom. The zero-order valence-electron chi connectivity index (χ0n) is 25.8. The molecule has 13 heteroatoms. The molecule has 1 atom stereocenters. The van der Waals surface area contributed by atoms with E-state index in [2.05, 4.69) is 26.5 Å². The number of pyridine rings is 2. The van der Waals surface area contributed by atoms with Crippen LogP contribution in [-0.2, 0) is 9.47 Å². The highest BCUT2D eigenvalue weighted by molar-refractivity contribution is 5.74. The highest BCUT2D eigenvalue weighted by atomic mass is 19.1. The van der Waals surface area contributed by atoms with Gasteiger partial charge in [-0.2, -0.15) is 10.4 Å². The third kappa shape index (κ3) is 6.81. The number of halogens is 1. The van der Waals surface area contributed by atoms with E-state index in [4.69, 9.17) is 14.2 Å². The van der Waals surface area contributed by atoms with Crippen molar-refractivity contribution in [1.29, 1.82) is 5.26 Å². The van der Waals surface area contributed by atoms with Crippen molar-refractivity contribution in [2.24, 2.45) is 0 Å². The number of ether oxygens (including phenoxy) is 3. The number of likely N-dealkylation sites (tertiary alicyclic amines) is 1. The molecular weight excluding hydrogens is 567 g/mol. The standard InChI is InChI=1S/C31H37FN8O4/c1-19(2)43-27(25-8-7-23(32)16-34-25)18-42-26-13-21(17-39-29(26)22(14-33)15-35-39)28-20(3)40(37-36-28)24-9-11-38(12-10-24)30(41)44-31(4,5)6/h7-8,13,15-17,19,24,27H,9-12,18H2,1-6H3. The summed E-state index contributed by atoms with van der Waals surface area (Å²) in [5, 5.41) is 23.1. The number of nitrogens with zero attached hydrogens (tertiary/aromatic N) is 8. The summed E-state index contributed by atoms with van der Waals surface area (Å²) < 4.78 is 34.9. The van der Waals surface area contributed by atoms with Gasteiger partial charge in [-0.25, -0.2) is 18.4 Å². The van der Waals surface area contributed by atoms with Crippen LogP contribution in [0.15, 0.2) is 36.8 Å². The molecule has 1 unspecified atom stereocenters. The van der Waals surface area contributed by atoms with Gasteiger partial charge in [-0.05, 0) is 72.6 Å². The van der Waals surface area contributed by atoms with Crippen molar-refractivity contribution in [3.8, 4) is 23.1 Å². The SMILES string of the molecule is Cc1c(-c2cc(OCC(OC(C)C)c3ccc(F)cn3)c3c(C#N)cnn3c2)nnn1C1CCN(C(=O)OC(C)(C)C)CC1. The number of hydrogen-bond donors (Lipinski definition) is 0. The lowest BCUT2D eigenvalue weighted by Gasteiger charge is -2.33. The van der Waals surface area contributed by atoms with E-state index in [1.54, 1.807) is 21.7 Å². The van der Waals surface area contributed by atoms with Gasteiger partial charge in [-0.3, -0.25) is 4.98 Å². The lowest BCUT2D eigenvalue weighted by atomic mass is 10.0. The molecule has 1 amide bonds. The maximum atomic E-state index is 13.5. The summed E-state index contributed by atoms with van der Waals surface area (Å²) >= 11 is 0. The normalized spacial score (nSPS) is 15.0. The summed E-state index contributed by atoms with van der Waals surface area (Å²) in [6.07, 6.45) is 4.83. The first-order valence-electron chi connectivity index (χ1n) is 14.6. The second kappa shape index (κ2) is 12.6. The van der Waals surface area contributed by atoms with E-state index in [1.807, 2.05) is 52.3 Å². The molecule has 0 N–H and O–H groups in total. The van der Waals surface area contributed by atoms with E-state index in [1.165, 1.54) is 12.3 Å². The molecule has 4 aromatic heterocycles. The highest BCUT2D eigenvalue weighted by Gasteiger charge is 2.29. The van der Waals surface area contributed by atoms with Crippen LogP contribution in [0.4, 0.5) is 9.18 Å². The molecule has 1 aliphatic heterocycles. The summed E-state index contributed by atoms with van der Waals surface area (Å²) in [6.45, 7) is 12.5. The number of carbonyl (C=O) groups is 1. The molecule has 5 rings (SSSR count). The van der Waals surface area contributed by atoms with Crippen molar-refractivity contribution in [2.45, 2.75) is 78.2 Å². The van der Waals surface area contributed by atoms with E-state index in [-0.39, 0.29) is 24.8 Å². The summed E-state index contributed by atoms with van der Waals surface area (Å²) in [7, 11) is 0. The van der Waals surface area contributed by atoms with Crippen LogP contribution in [0.5, 0.6) is 5.75 Å². The zero-order valence-corrected chi connectivity index (χ0v) is 25.8. The Labute approximate surface area is 255 Å². The molecule has 0 aliphatic carbocycles. The predicted molar refractivity (Wildman–Crippen MR) is 158 cm³/mol. The lowest BCUT2D eigenvalue weighted by Crippen LogP contribution is -2.42. The van der Waals surface area contributed by atoms with Gasteiger partial charge in [0.2, 0.25) is 0 Å². The number of rotatable bonds is 8. The second-order valence-electron chi connectivity index (χ2n) is 12.1. The molecule has 1 aliphatic rings. The predicted octanol–water partition coefficient (Wildman–Crippen LogP) is 5.42. The molecule has 4 aromatic rings. The molecule has 0 saturated carbocycles. The van der Waals surface area contributed by atoms with Gasteiger partial charge in [-0.1, -0.05) is 5.21 Å². The molecule has 44 heavy (non-hydrogen) atoms. The topological polar surface area (TPSA) is 133 Å². The Hall–Kier alpha value is -4.57. The van der Waals surface area contributed by atoms with Crippen molar-refractivity contribution in [1.82, 2.24) is 34.5 Å². The van der Waals surface area contributed by atoms with Crippen molar-refractivity contribution in [3.63, 3.8) is 0 Å². The smallest absolute Gasteiger partial charge is 0.410 e. The molecule has 1 fully saturated rings. The van der Waals surface area contributed by atoms with Crippen LogP contribution in [0.2, 0.25) is 0 Å². The molecule has 232 valence electrons. The number of piperidine rings is 1. The van der Waals surface area contributed by atoms with Crippen LogP contribution in [-0.4, -0.2) is 72.0 Å². The number of amides is 1. The second-order valence-corrected chi connectivity index (χ2v) is 12.1. The maximum absolute atomic E-state index is 13.5. The van der Waals surface area contributed by atoms with Crippen molar-refractivity contribution >= 4 is 11.6 Å². The Morgan fingerprint density at radius 2 is 1.95 bits per heavy atom. The van der Waals surface area contributed by atoms with Gasteiger partial charge in [0.15, 0.2) is 0 Å². The number of hydrogen-bond acceptors (Lipinski definition) is 9. The van der Waals surface area contributed by atoms with Crippen LogP contribution >= 0.6 is 0 Å². The third-order valence-electron chi connectivity index (χ3n) is 7.27. The number of fused-ring (bicyclic) bond motifs is 1. The summed E-state index contributed by atoms with van der Waals surface area (Å²) in [4.78, 5) is 18.4. The average molecular weight is 605 g/mol. The molecule has 0 aromatic carbocycles. The fraction of sp³-hybridized carbons (Fsp3) is 0.484. The van der Waals surface area contributed by atoms with Crippen LogP contribution in [0.3, 0.4) is 0 Å². The van der Waals surface area contributed by atoms with Gasteiger partial charge in [-0.15, -0.1) is 5.10 Å². The van der Waals surface area contributed by atoms with Crippen molar-refractivity contribution in [2.75, 3.05) is 19.7 Å². The van der Waals surface area contributed by atoms with Crippen LogP contribution in [0, 0.1) is 24.1 Å². The maximum Gasteiger partial charge on any atom is 0.410 e. The summed E-state index contributed by atoms with van der Waals surface area (Å²) in [5.74, 6) is -0.0297. The first-order valence-corrected chi connectivity index (χ1v) is 14.6. The first kappa shape index (κ1) is 30.9. The Morgan fingerprint density at radius 3 is 2.59 bits per heavy atom. The van der Waals surface area contributed by atoms with Gasteiger partial charge in [0, 0.05) is 24.8 Å². The minimum Gasteiger partial charge on any atom is -0.488 e. The molecular formula is C31H37FN8O4. The van der Waals surface area contributed by atoms with E-state index in [0.29, 0.717) is 46.9 Å². The third-order valence-corrected chi connectivity index (χ3v) is 7.27. The molecule has 0 spiro atoms. The number of carbonyl (C=O) groups excluding carboxylic acids is 1. The highest BCUT2D eigenvalue weighted by Crippen LogP contribution is 2.33. The fourth-order valence-electron chi connectivity index (χ4n) is 5.25. The molecule has 0 bridgehead atoms. The van der Waals surface area contributed by atoms with Gasteiger partial charge in [0.05, 0.1) is 35.9 Å². The van der Waals surface area contributed by atoms with Gasteiger partial charge in [0.1, 0.15) is 52.7 Å². The summed E-state index contributed by atoms with van der Waals surface area (Å²) in [5.41, 5.74) is 3.05. The van der Waals surface area contributed by atoms with E-state index >= 15 is 0 Å². The molecule has 0 radical (unpaired) electrons. The average Bonchev–Trinajstić information content (AvgIpc) is 3.57. The first-order chi connectivity index (χ1) is 20.9. The quantitative estimate of drug-likeness (QED) is 0.258. The molecule has 5 heterocycles. The molecule has 12 nitrogen and oxygen atoms in total. The lowest BCUT2D eigenvalue weighted by molar-refractivity contribution is -0.0210. The monoisotopic (exact) mass is 604 g/mol. The zero-order chi connectivity index (χ0) is 31.6. The minimum atomic E-state index is -0.582.